The summed E-state index contributed by atoms with van der Waals surface area (Å²) in [4.78, 5) is 14.1. The van der Waals surface area contributed by atoms with Crippen molar-refractivity contribution in [1.82, 2.24) is 4.90 Å². The summed E-state index contributed by atoms with van der Waals surface area (Å²) in [5, 5.41) is 0. The smallest absolute Gasteiger partial charge is 0.253 e. The van der Waals surface area contributed by atoms with Crippen LogP contribution < -0.4 is 0 Å². The number of halogens is 2. The van der Waals surface area contributed by atoms with E-state index in [1.807, 2.05) is 13.0 Å². The number of carbonyl (C=O) groups is 1. The van der Waals surface area contributed by atoms with E-state index in [4.69, 9.17) is 0 Å². The van der Waals surface area contributed by atoms with E-state index < -0.39 is 5.82 Å². The zero-order chi connectivity index (χ0) is 15.9. The van der Waals surface area contributed by atoms with E-state index in [9.17, 15) is 13.6 Å². The van der Waals surface area contributed by atoms with Crippen LogP contribution >= 0.6 is 0 Å². The van der Waals surface area contributed by atoms with Crippen molar-refractivity contribution in [3.8, 4) is 0 Å². The molecular weight excluding hydrogens is 284 g/mol. The lowest BCUT2D eigenvalue weighted by Gasteiger charge is -2.22. The van der Waals surface area contributed by atoms with E-state index in [-0.39, 0.29) is 11.7 Å². The summed E-state index contributed by atoms with van der Waals surface area (Å²) in [7, 11) is 0. The average Bonchev–Trinajstić information content (AvgIpc) is 2.51. The number of carbonyl (C=O) groups excluding carboxylic acids is 1. The Kier molecular flexibility index (Phi) is 5.64. The number of rotatable bonds is 6. The van der Waals surface area contributed by atoms with Crippen LogP contribution in [0, 0.1) is 11.6 Å². The summed E-state index contributed by atoms with van der Waals surface area (Å²) >= 11 is 0. The van der Waals surface area contributed by atoms with Gasteiger partial charge in [-0.2, -0.15) is 0 Å². The Hall–Kier alpha value is -2.23. The molecular formula is C18H19F2NO. The van der Waals surface area contributed by atoms with Crippen LogP contribution in [0.2, 0.25) is 0 Å². The second-order valence-electron chi connectivity index (χ2n) is 5.18. The van der Waals surface area contributed by atoms with Gasteiger partial charge < -0.3 is 4.90 Å². The number of hydrogen-bond donors (Lipinski definition) is 0. The second-order valence-corrected chi connectivity index (χ2v) is 5.18. The summed E-state index contributed by atoms with van der Waals surface area (Å²) < 4.78 is 26.4. The lowest BCUT2D eigenvalue weighted by molar-refractivity contribution is 0.0757. The van der Waals surface area contributed by atoms with E-state index in [0.29, 0.717) is 25.1 Å². The molecule has 0 spiro atoms. The Balaban J connectivity index is 2.07. The summed E-state index contributed by atoms with van der Waals surface area (Å²) in [5.74, 6) is -0.902. The first-order valence-electron chi connectivity index (χ1n) is 7.39. The maximum atomic E-state index is 13.3. The van der Waals surface area contributed by atoms with Gasteiger partial charge in [-0.3, -0.25) is 4.79 Å². The highest BCUT2D eigenvalue weighted by molar-refractivity contribution is 5.94. The van der Waals surface area contributed by atoms with Gasteiger partial charge in [-0.1, -0.05) is 25.1 Å². The number of hydrogen-bond acceptors (Lipinski definition) is 1. The molecule has 0 aliphatic rings. The quantitative estimate of drug-likeness (QED) is 0.788. The fourth-order valence-corrected chi connectivity index (χ4v) is 2.35. The van der Waals surface area contributed by atoms with Crippen LogP contribution in [-0.4, -0.2) is 23.9 Å². The highest BCUT2D eigenvalue weighted by atomic mass is 19.1. The molecule has 0 saturated carbocycles. The molecule has 0 aliphatic heterocycles. The molecule has 2 rings (SSSR count). The molecule has 0 aliphatic carbocycles. The SMILES string of the molecule is CCCN(CCc1cccc(F)c1)C(=O)c1cccc(F)c1. The van der Waals surface area contributed by atoms with Crippen LogP contribution in [0.3, 0.4) is 0 Å². The number of benzene rings is 2. The maximum Gasteiger partial charge on any atom is 0.253 e. The molecule has 22 heavy (non-hydrogen) atoms. The summed E-state index contributed by atoms with van der Waals surface area (Å²) in [6, 6.07) is 12.0. The van der Waals surface area contributed by atoms with Crippen molar-refractivity contribution in [2.45, 2.75) is 19.8 Å². The molecule has 0 atom stereocenters. The summed E-state index contributed by atoms with van der Waals surface area (Å²) in [6.07, 6.45) is 1.38. The molecule has 2 nitrogen and oxygen atoms in total. The molecule has 2 aromatic carbocycles. The van der Waals surface area contributed by atoms with E-state index in [0.717, 1.165) is 12.0 Å². The largest absolute Gasteiger partial charge is 0.338 e. The first-order chi connectivity index (χ1) is 10.6. The Morgan fingerprint density at radius 2 is 1.68 bits per heavy atom. The topological polar surface area (TPSA) is 20.3 Å². The third-order valence-corrected chi connectivity index (χ3v) is 3.41. The minimum absolute atomic E-state index is 0.197. The van der Waals surface area contributed by atoms with Crippen molar-refractivity contribution in [1.29, 1.82) is 0 Å². The van der Waals surface area contributed by atoms with Crippen LogP contribution in [0.15, 0.2) is 48.5 Å². The minimum Gasteiger partial charge on any atom is -0.338 e. The zero-order valence-corrected chi connectivity index (χ0v) is 12.6. The van der Waals surface area contributed by atoms with Gasteiger partial charge in [0.05, 0.1) is 0 Å². The Labute approximate surface area is 129 Å². The molecule has 0 N–H and O–H groups in total. The average molecular weight is 303 g/mol. The van der Waals surface area contributed by atoms with Crippen molar-refractivity contribution < 1.29 is 13.6 Å². The molecule has 116 valence electrons. The van der Waals surface area contributed by atoms with Crippen LogP contribution in [-0.2, 0) is 6.42 Å². The monoisotopic (exact) mass is 303 g/mol. The van der Waals surface area contributed by atoms with Gasteiger partial charge in [-0.15, -0.1) is 0 Å². The van der Waals surface area contributed by atoms with E-state index in [2.05, 4.69) is 0 Å². The Bertz CT molecular complexity index is 642. The molecule has 0 unspecified atom stereocenters. The van der Waals surface area contributed by atoms with Gasteiger partial charge in [0, 0.05) is 18.7 Å². The first kappa shape index (κ1) is 16.1. The molecule has 0 fully saturated rings. The standard InChI is InChI=1S/C18H19F2NO/c1-2-10-21(11-9-14-5-3-7-16(19)12-14)18(22)15-6-4-8-17(20)13-15/h3-8,12-13H,2,9-11H2,1H3. The van der Waals surface area contributed by atoms with E-state index in [1.165, 1.54) is 30.3 Å². The van der Waals surface area contributed by atoms with E-state index in [1.54, 1.807) is 17.0 Å². The van der Waals surface area contributed by atoms with Gasteiger partial charge >= 0.3 is 0 Å². The first-order valence-corrected chi connectivity index (χ1v) is 7.39. The van der Waals surface area contributed by atoms with Gasteiger partial charge in [0.2, 0.25) is 0 Å². The molecule has 4 heteroatoms. The molecule has 0 heterocycles. The van der Waals surface area contributed by atoms with Crippen LogP contribution in [0.25, 0.3) is 0 Å². The van der Waals surface area contributed by atoms with Crippen molar-refractivity contribution in [2.24, 2.45) is 0 Å². The molecule has 0 saturated heterocycles. The number of amides is 1. The maximum absolute atomic E-state index is 13.3. The van der Waals surface area contributed by atoms with Gasteiger partial charge in [0.1, 0.15) is 11.6 Å². The van der Waals surface area contributed by atoms with Crippen molar-refractivity contribution in [2.75, 3.05) is 13.1 Å². The lowest BCUT2D eigenvalue weighted by Crippen LogP contribution is -2.33. The van der Waals surface area contributed by atoms with Crippen molar-refractivity contribution in [3.05, 3.63) is 71.3 Å². The highest BCUT2D eigenvalue weighted by Crippen LogP contribution is 2.10. The van der Waals surface area contributed by atoms with Crippen LogP contribution in [0.1, 0.15) is 29.3 Å². The summed E-state index contributed by atoms with van der Waals surface area (Å²) in [5.41, 5.74) is 1.18. The Morgan fingerprint density at radius 1 is 1.00 bits per heavy atom. The van der Waals surface area contributed by atoms with Crippen LogP contribution in [0.4, 0.5) is 8.78 Å². The fraction of sp³-hybridized carbons (Fsp3) is 0.278. The zero-order valence-electron chi connectivity index (χ0n) is 12.6. The van der Waals surface area contributed by atoms with Gasteiger partial charge in [-0.05, 0) is 48.7 Å². The highest BCUT2D eigenvalue weighted by Gasteiger charge is 2.15. The predicted octanol–water partition coefficient (Wildman–Crippen LogP) is 4.06. The van der Waals surface area contributed by atoms with Crippen LogP contribution in [0.5, 0.6) is 0 Å². The summed E-state index contributed by atoms with van der Waals surface area (Å²) in [6.45, 7) is 3.05. The van der Waals surface area contributed by atoms with Crippen molar-refractivity contribution in [3.63, 3.8) is 0 Å². The molecule has 1 amide bonds. The number of nitrogens with zero attached hydrogens (tertiary/aromatic N) is 1. The molecule has 0 radical (unpaired) electrons. The lowest BCUT2D eigenvalue weighted by atomic mass is 10.1. The van der Waals surface area contributed by atoms with Gasteiger partial charge in [0.25, 0.3) is 5.91 Å². The van der Waals surface area contributed by atoms with E-state index >= 15 is 0 Å². The molecule has 2 aromatic rings. The normalized spacial score (nSPS) is 10.5. The van der Waals surface area contributed by atoms with Crippen molar-refractivity contribution >= 4 is 5.91 Å². The Morgan fingerprint density at radius 3 is 2.32 bits per heavy atom. The molecule has 0 bridgehead atoms. The predicted molar refractivity (Wildman–Crippen MR) is 82.7 cm³/mol. The second kappa shape index (κ2) is 7.69. The minimum atomic E-state index is -0.424. The van der Waals surface area contributed by atoms with Gasteiger partial charge in [-0.25, -0.2) is 8.78 Å². The van der Waals surface area contributed by atoms with Gasteiger partial charge in [0.15, 0.2) is 0 Å². The molecule has 0 aromatic heterocycles. The fourth-order valence-electron chi connectivity index (χ4n) is 2.35. The third kappa shape index (κ3) is 4.38. The third-order valence-electron chi connectivity index (χ3n) is 3.41.